The van der Waals surface area contributed by atoms with Gasteiger partial charge in [0.25, 0.3) is 0 Å². The predicted molar refractivity (Wildman–Crippen MR) is 130 cm³/mol. The lowest BCUT2D eigenvalue weighted by Crippen LogP contribution is -2.61. The monoisotopic (exact) mass is 491 g/mol. The number of aliphatic carboxylic acids is 1. The van der Waals surface area contributed by atoms with Crippen molar-refractivity contribution in [1.82, 2.24) is 15.6 Å². The summed E-state index contributed by atoms with van der Waals surface area (Å²) in [5.41, 5.74) is 1.10. The Morgan fingerprint density at radius 3 is 2.61 bits per heavy atom. The Morgan fingerprint density at radius 1 is 1.27 bits per heavy atom. The fourth-order valence-corrected chi connectivity index (χ4v) is 4.77. The van der Waals surface area contributed by atoms with Gasteiger partial charge in [0.1, 0.15) is 11.6 Å². The number of hydrogen-bond acceptors (Lipinski definition) is 7. The zero-order chi connectivity index (χ0) is 23.8. The third-order valence-corrected chi connectivity index (χ3v) is 6.97. The molecule has 1 aliphatic rings. The largest absolute Gasteiger partial charge is 0.480 e. The Bertz CT molecular complexity index is 944. The summed E-state index contributed by atoms with van der Waals surface area (Å²) in [6.45, 7) is 0. The van der Waals surface area contributed by atoms with Gasteiger partial charge in [0.2, 0.25) is 11.8 Å². The normalized spacial score (nSPS) is 16.7. The SMILES string of the molecule is CSCC[C@H](S)C(=O)NC1(C(=O)NC(Cc2ccc(-c3ccoc3)nc2)C(=O)O)CCCC1. The molecular weight excluding hydrogens is 462 g/mol. The molecule has 1 fully saturated rings. The van der Waals surface area contributed by atoms with E-state index in [2.05, 4.69) is 28.2 Å². The molecule has 33 heavy (non-hydrogen) atoms. The van der Waals surface area contributed by atoms with Gasteiger partial charge in [-0.3, -0.25) is 14.6 Å². The number of amides is 2. The first-order chi connectivity index (χ1) is 15.8. The maximum atomic E-state index is 13.2. The van der Waals surface area contributed by atoms with E-state index in [0.717, 1.165) is 24.2 Å². The van der Waals surface area contributed by atoms with Gasteiger partial charge in [-0.25, -0.2) is 4.79 Å². The van der Waals surface area contributed by atoms with Crippen LogP contribution in [0.4, 0.5) is 0 Å². The summed E-state index contributed by atoms with van der Waals surface area (Å²) in [5.74, 6) is -1.12. The van der Waals surface area contributed by atoms with Crippen LogP contribution in [0.25, 0.3) is 11.3 Å². The highest BCUT2D eigenvalue weighted by atomic mass is 32.2. The molecule has 3 N–H and O–H groups in total. The summed E-state index contributed by atoms with van der Waals surface area (Å²) in [5, 5.41) is 14.8. The van der Waals surface area contributed by atoms with Crippen LogP contribution in [0.3, 0.4) is 0 Å². The lowest BCUT2D eigenvalue weighted by Gasteiger charge is -2.31. The number of carboxylic acids is 1. The van der Waals surface area contributed by atoms with Crippen molar-refractivity contribution in [2.24, 2.45) is 0 Å². The Hall–Kier alpha value is -2.46. The standard InChI is InChI=1S/C23H29N3O5S2/c1-33-11-7-19(32)20(27)26-23(8-2-3-9-23)22(30)25-18(21(28)29)12-15-4-5-17(24-13-15)16-6-10-31-14-16/h4-6,10,13-14,18-19,32H,2-3,7-9,11-12H2,1H3,(H,25,30)(H,26,27)(H,28,29)/t18?,19-/m0/s1. The maximum absolute atomic E-state index is 13.2. The number of aromatic nitrogens is 1. The number of nitrogens with one attached hydrogen (secondary N) is 2. The minimum atomic E-state index is -1.14. The topological polar surface area (TPSA) is 122 Å². The van der Waals surface area contributed by atoms with Crippen molar-refractivity contribution in [3.63, 3.8) is 0 Å². The van der Waals surface area contributed by atoms with Crippen LogP contribution in [0.15, 0.2) is 41.3 Å². The smallest absolute Gasteiger partial charge is 0.326 e. The number of carbonyl (C=O) groups is 3. The van der Waals surface area contributed by atoms with Crippen LogP contribution in [0.2, 0.25) is 0 Å². The van der Waals surface area contributed by atoms with Gasteiger partial charge in [-0.05, 0) is 49.0 Å². The first-order valence-corrected chi connectivity index (χ1v) is 12.8. The van der Waals surface area contributed by atoms with Crippen molar-refractivity contribution in [1.29, 1.82) is 0 Å². The molecule has 0 bridgehead atoms. The molecule has 2 aromatic heterocycles. The lowest BCUT2D eigenvalue weighted by molar-refractivity contribution is -0.143. The zero-order valence-corrected chi connectivity index (χ0v) is 20.2. The van der Waals surface area contributed by atoms with Gasteiger partial charge in [-0.1, -0.05) is 18.9 Å². The van der Waals surface area contributed by atoms with Crippen LogP contribution in [-0.2, 0) is 20.8 Å². The third-order valence-electron chi connectivity index (χ3n) is 5.84. The van der Waals surface area contributed by atoms with Gasteiger partial charge in [0, 0.05) is 18.2 Å². The number of thiol groups is 1. The molecule has 0 aliphatic heterocycles. The number of carboxylic acid groups (broad SMARTS) is 1. The van der Waals surface area contributed by atoms with E-state index in [9.17, 15) is 19.5 Å². The van der Waals surface area contributed by atoms with Crippen LogP contribution in [-0.4, -0.2) is 56.7 Å². The molecule has 0 aromatic carbocycles. The molecule has 178 valence electrons. The number of rotatable bonds is 11. The summed E-state index contributed by atoms with van der Waals surface area (Å²) in [6, 6.07) is 4.20. The molecule has 2 heterocycles. The molecule has 2 atom stereocenters. The number of furan rings is 1. The quantitative estimate of drug-likeness (QED) is 0.357. The first kappa shape index (κ1) is 25.2. The highest BCUT2D eigenvalue weighted by molar-refractivity contribution is 7.98. The Labute approximate surface area is 202 Å². The summed E-state index contributed by atoms with van der Waals surface area (Å²) >= 11 is 6.00. The van der Waals surface area contributed by atoms with Gasteiger partial charge in [0.15, 0.2) is 0 Å². The summed E-state index contributed by atoms with van der Waals surface area (Å²) in [6.07, 6.45) is 9.86. The second kappa shape index (κ2) is 11.6. The average Bonchev–Trinajstić information content (AvgIpc) is 3.50. The van der Waals surface area contributed by atoms with Gasteiger partial charge in [-0.2, -0.15) is 24.4 Å². The maximum Gasteiger partial charge on any atom is 0.326 e. The van der Waals surface area contributed by atoms with E-state index in [4.69, 9.17) is 4.42 Å². The third kappa shape index (κ3) is 6.54. The predicted octanol–water partition coefficient (Wildman–Crippen LogP) is 2.93. The summed E-state index contributed by atoms with van der Waals surface area (Å²) in [4.78, 5) is 42.1. The van der Waals surface area contributed by atoms with E-state index >= 15 is 0 Å². The van der Waals surface area contributed by atoms with Gasteiger partial charge >= 0.3 is 5.97 Å². The lowest BCUT2D eigenvalue weighted by atomic mass is 9.94. The Kier molecular flexibility index (Phi) is 8.85. The molecule has 10 heteroatoms. The molecule has 2 amide bonds. The molecule has 1 saturated carbocycles. The molecule has 8 nitrogen and oxygen atoms in total. The minimum absolute atomic E-state index is 0.0761. The van der Waals surface area contributed by atoms with Crippen LogP contribution in [0, 0.1) is 0 Å². The Morgan fingerprint density at radius 2 is 2.03 bits per heavy atom. The van der Waals surface area contributed by atoms with Crippen LogP contribution < -0.4 is 10.6 Å². The highest BCUT2D eigenvalue weighted by Crippen LogP contribution is 2.31. The molecule has 2 aromatic rings. The molecule has 1 unspecified atom stereocenters. The molecule has 0 spiro atoms. The van der Waals surface area contributed by atoms with E-state index in [1.54, 1.807) is 48.7 Å². The molecular formula is C23H29N3O5S2. The van der Waals surface area contributed by atoms with E-state index in [1.807, 2.05) is 6.26 Å². The number of carbonyl (C=O) groups excluding carboxylic acids is 2. The molecule has 1 aliphatic carbocycles. The number of thioether (sulfide) groups is 1. The van der Waals surface area contributed by atoms with Crippen LogP contribution in [0.1, 0.15) is 37.7 Å². The second-order valence-corrected chi connectivity index (χ2v) is 9.82. The highest BCUT2D eigenvalue weighted by Gasteiger charge is 2.44. The summed E-state index contributed by atoms with van der Waals surface area (Å²) in [7, 11) is 0. The number of nitrogens with zero attached hydrogens (tertiary/aromatic N) is 1. The van der Waals surface area contributed by atoms with Gasteiger partial charge in [-0.15, -0.1) is 0 Å². The number of pyridine rings is 1. The summed E-state index contributed by atoms with van der Waals surface area (Å²) < 4.78 is 5.06. The minimum Gasteiger partial charge on any atom is -0.480 e. The van der Waals surface area contributed by atoms with Crippen molar-refractivity contribution >= 4 is 42.2 Å². The molecule has 3 rings (SSSR count). The molecule has 0 radical (unpaired) electrons. The second-order valence-electron chi connectivity index (χ2n) is 8.21. The van der Waals surface area contributed by atoms with E-state index in [1.165, 1.54) is 0 Å². The van der Waals surface area contributed by atoms with Gasteiger partial charge in [0.05, 0.1) is 23.5 Å². The van der Waals surface area contributed by atoms with Crippen molar-refractivity contribution in [3.8, 4) is 11.3 Å². The van der Waals surface area contributed by atoms with E-state index < -0.39 is 28.7 Å². The van der Waals surface area contributed by atoms with Crippen LogP contribution in [0.5, 0.6) is 0 Å². The van der Waals surface area contributed by atoms with Crippen molar-refractivity contribution in [2.45, 2.75) is 55.4 Å². The van der Waals surface area contributed by atoms with Crippen molar-refractivity contribution in [3.05, 3.63) is 42.5 Å². The zero-order valence-electron chi connectivity index (χ0n) is 18.5. The average molecular weight is 492 g/mol. The molecule has 0 saturated heterocycles. The van der Waals surface area contributed by atoms with Crippen molar-refractivity contribution < 1.29 is 23.9 Å². The fraction of sp³-hybridized carbons (Fsp3) is 0.478. The Balaban J connectivity index is 1.67. The van der Waals surface area contributed by atoms with Crippen LogP contribution >= 0.6 is 24.4 Å². The fourth-order valence-electron chi connectivity index (χ4n) is 3.93. The van der Waals surface area contributed by atoms with Gasteiger partial charge < -0.3 is 20.2 Å². The van der Waals surface area contributed by atoms with E-state index in [0.29, 0.717) is 30.5 Å². The number of hydrogen-bond donors (Lipinski definition) is 4. The van der Waals surface area contributed by atoms with E-state index in [-0.39, 0.29) is 12.3 Å². The first-order valence-electron chi connectivity index (χ1n) is 10.8. The van der Waals surface area contributed by atoms with Crippen molar-refractivity contribution in [2.75, 3.05) is 12.0 Å².